The van der Waals surface area contributed by atoms with E-state index in [0.29, 0.717) is 23.5 Å². The maximum Gasteiger partial charge on any atom is 0.187 e. The predicted molar refractivity (Wildman–Crippen MR) is 88.6 cm³/mol. The minimum Gasteiger partial charge on any atom is -0.357 e. The Morgan fingerprint density at radius 2 is 1.86 bits per heavy atom. The second-order valence-corrected chi connectivity index (χ2v) is 6.10. The number of thiocarbonyl (C=S) groups is 1. The molecule has 1 aliphatic carbocycles. The third-order valence-electron chi connectivity index (χ3n) is 3.94. The first-order valence-corrected chi connectivity index (χ1v) is 7.83. The van der Waals surface area contributed by atoms with Crippen molar-refractivity contribution in [2.24, 2.45) is 16.9 Å². The molecular weight excluding hydrogens is 285 g/mol. The fourth-order valence-electron chi connectivity index (χ4n) is 2.67. The summed E-state index contributed by atoms with van der Waals surface area (Å²) in [5, 5.41) is 8.05. The SMILES string of the molecule is C[C@@H]1CCC[C@H](C)C1=NNC(=S)NCc1ccc(F)cc1. The number of nitrogens with zero attached hydrogens (tertiary/aromatic N) is 1. The summed E-state index contributed by atoms with van der Waals surface area (Å²) < 4.78 is 12.8. The van der Waals surface area contributed by atoms with E-state index in [-0.39, 0.29) is 5.82 Å². The molecule has 0 saturated heterocycles. The van der Waals surface area contributed by atoms with Crippen molar-refractivity contribution in [3.63, 3.8) is 0 Å². The van der Waals surface area contributed by atoms with Gasteiger partial charge in [-0.05, 0) is 54.6 Å². The van der Waals surface area contributed by atoms with Gasteiger partial charge >= 0.3 is 0 Å². The molecule has 1 fully saturated rings. The number of nitrogens with one attached hydrogen (secondary N) is 2. The number of benzene rings is 1. The molecule has 0 amide bonds. The van der Waals surface area contributed by atoms with Gasteiger partial charge in [0.25, 0.3) is 0 Å². The van der Waals surface area contributed by atoms with Crippen LogP contribution in [0.2, 0.25) is 0 Å². The van der Waals surface area contributed by atoms with Crippen molar-refractivity contribution in [3.8, 4) is 0 Å². The lowest BCUT2D eigenvalue weighted by Gasteiger charge is -2.26. The second kappa shape index (κ2) is 7.50. The van der Waals surface area contributed by atoms with Crippen LogP contribution in [-0.4, -0.2) is 10.8 Å². The number of hydrogen-bond donors (Lipinski definition) is 2. The summed E-state index contributed by atoms with van der Waals surface area (Å²) >= 11 is 5.22. The highest BCUT2D eigenvalue weighted by atomic mass is 32.1. The minimum atomic E-state index is -0.230. The van der Waals surface area contributed by atoms with Crippen molar-refractivity contribution in [1.29, 1.82) is 0 Å². The third kappa shape index (κ3) is 4.77. The van der Waals surface area contributed by atoms with E-state index >= 15 is 0 Å². The summed E-state index contributed by atoms with van der Waals surface area (Å²) in [6.07, 6.45) is 3.66. The summed E-state index contributed by atoms with van der Waals surface area (Å²) in [5.74, 6) is 0.799. The van der Waals surface area contributed by atoms with Gasteiger partial charge in [0.1, 0.15) is 5.82 Å². The molecule has 0 heterocycles. The lowest BCUT2D eigenvalue weighted by molar-refractivity contribution is 0.484. The normalized spacial score (nSPS) is 23.9. The Hall–Kier alpha value is -1.49. The lowest BCUT2D eigenvalue weighted by Crippen LogP contribution is -2.34. The highest BCUT2D eigenvalue weighted by Gasteiger charge is 2.22. The van der Waals surface area contributed by atoms with Gasteiger partial charge in [-0.15, -0.1) is 0 Å². The summed E-state index contributed by atoms with van der Waals surface area (Å²) in [6.45, 7) is 4.98. The molecule has 2 atom stereocenters. The van der Waals surface area contributed by atoms with Crippen LogP contribution < -0.4 is 10.7 Å². The number of hydrogen-bond acceptors (Lipinski definition) is 2. The smallest absolute Gasteiger partial charge is 0.187 e. The molecule has 0 unspecified atom stereocenters. The average Bonchev–Trinajstić information content (AvgIpc) is 2.46. The molecule has 3 nitrogen and oxygen atoms in total. The van der Waals surface area contributed by atoms with Crippen LogP contribution in [0.25, 0.3) is 0 Å². The standard InChI is InChI=1S/C16H22FN3S/c1-11-4-3-5-12(2)15(11)19-20-16(21)18-10-13-6-8-14(17)9-7-13/h6-9,11-12H,3-5,10H2,1-2H3,(H2,18,20,21)/t11-,12+. The van der Waals surface area contributed by atoms with Crippen LogP contribution in [0, 0.1) is 17.7 Å². The molecule has 0 radical (unpaired) electrons. The molecule has 0 aliphatic heterocycles. The zero-order valence-corrected chi connectivity index (χ0v) is 13.3. The maximum absolute atomic E-state index is 12.8. The van der Waals surface area contributed by atoms with Crippen molar-refractivity contribution >= 4 is 23.0 Å². The van der Waals surface area contributed by atoms with Crippen molar-refractivity contribution in [2.45, 2.75) is 39.7 Å². The average molecular weight is 307 g/mol. The van der Waals surface area contributed by atoms with Gasteiger partial charge in [-0.1, -0.05) is 32.4 Å². The topological polar surface area (TPSA) is 36.4 Å². The van der Waals surface area contributed by atoms with Crippen molar-refractivity contribution in [3.05, 3.63) is 35.6 Å². The van der Waals surface area contributed by atoms with Gasteiger partial charge in [0.15, 0.2) is 5.11 Å². The van der Waals surface area contributed by atoms with Gasteiger partial charge in [0.05, 0.1) is 0 Å². The molecule has 21 heavy (non-hydrogen) atoms. The Kier molecular flexibility index (Phi) is 5.67. The molecule has 0 spiro atoms. The van der Waals surface area contributed by atoms with E-state index < -0.39 is 0 Å². The van der Waals surface area contributed by atoms with E-state index in [9.17, 15) is 4.39 Å². The fourth-order valence-corrected chi connectivity index (χ4v) is 2.79. The van der Waals surface area contributed by atoms with Crippen molar-refractivity contribution in [1.82, 2.24) is 10.7 Å². The first-order chi connectivity index (χ1) is 10.1. The molecule has 114 valence electrons. The molecule has 2 N–H and O–H groups in total. The highest BCUT2D eigenvalue weighted by Crippen LogP contribution is 2.25. The van der Waals surface area contributed by atoms with Crippen molar-refractivity contribution in [2.75, 3.05) is 0 Å². The highest BCUT2D eigenvalue weighted by molar-refractivity contribution is 7.80. The molecule has 2 rings (SSSR count). The van der Waals surface area contributed by atoms with Gasteiger partial charge in [0.2, 0.25) is 0 Å². The molecule has 5 heteroatoms. The largest absolute Gasteiger partial charge is 0.357 e. The zero-order valence-electron chi connectivity index (χ0n) is 12.5. The number of rotatable bonds is 3. The monoisotopic (exact) mass is 307 g/mol. The van der Waals surface area contributed by atoms with Crippen LogP contribution in [0.3, 0.4) is 0 Å². The molecule has 0 bridgehead atoms. The fraction of sp³-hybridized carbons (Fsp3) is 0.500. The van der Waals surface area contributed by atoms with Gasteiger partial charge in [-0.25, -0.2) is 4.39 Å². The quantitative estimate of drug-likeness (QED) is 0.662. The van der Waals surface area contributed by atoms with Crippen LogP contribution in [-0.2, 0) is 6.54 Å². The third-order valence-corrected chi connectivity index (χ3v) is 4.17. The molecule has 0 aromatic heterocycles. The van der Waals surface area contributed by atoms with Crippen LogP contribution >= 0.6 is 12.2 Å². The molecule has 1 aromatic carbocycles. The van der Waals surface area contributed by atoms with Crippen LogP contribution in [0.1, 0.15) is 38.7 Å². The first kappa shape index (κ1) is 15.9. The van der Waals surface area contributed by atoms with Gasteiger partial charge in [-0.3, -0.25) is 5.43 Å². The van der Waals surface area contributed by atoms with Crippen molar-refractivity contribution < 1.29 is 4.39 Å². The Morgan fingerprint density at radius 3 is 2.48 bits per heavy atom. The minimum absolute atomic E-state index is 0.230. The van der Waals surface area contributed by atoms with Crippen LogP contribution in [0.5, 0.6) is 0 Å². The number of hydrazone groups is 1. The predicted octanol–water partition coefficient (Wildman–Crippen LogP) is 3.60. The number of halogens is 1. The summed E-state index contributed by atoms with van der Waals surface area (Å²) in [4.78, 5) is 0. The Bertz CT molecular complexity index is 501. The molecular formula is C16H22FN3S. The Balaban J connectivity index is 1.82. The second-order valence-electron chi connectivity index (χ2n) is 5.69. The van der Waals surface area contributed by atoms with E-state index in [0.717, 1.165) is 5.56 Å². The maximum atomic E-state index is 12.8. The van der Waals surface area contributed by atoms with Gasteiger partial charge in [0, 0.05) is 12.3 Å². The summed E-state index contributed by atoms with van der Waals surface area (Å²) in [7, 11) is 0. The Morgan fingerprint density at radius 1 is 1.24 bits per heavy atom. The van der Waals surface area contributed by atoms with E-state index in [1.54, 1.807) is 12.1 Å². The van der Waals surface area contributed by atoms with E-state index in [4.69, 9.17) is 12.2 Å². The zero-order chi connectivity index (χ0) is 15.2. The molecule has 1 saturated carbocycles. The van der Waals surface area contributed by atoms with Gasteiger partial charge < -0.3 is 5.32 Å². The lowest BCUT2D eigenvalue weighted by atomic mass is 9.81. The summed E-state index contributed by atoms with van der Waals surface area (Å²) in [6, 6.07) is 6.36. The van der Waals surface area contributed by atoms with E-state index in [1.807, 2.05) is 0 Å². The molecule has 1 aliphatic rings. The molecule has 1 aromatic rings. The van der Waals surface area contributed by atoms with Gasteiger partial charge in [-0.2, -0.15) is 5.10 Å². The summed E-state index contributed by atoms with van der Waals surface area (Å²) in [5.41, 5.74) is 5.11. The van der Waals surface area contributed by atoms with Crippen LogP contribution in [0.4, 0.5) is 4.39 Å². The Labute approximate surface area is 131 Å². The van der Waals surface area contributed by atoms with E-state index in [2.05, 4.69) is 29.7 Å². The van der Waals surface area contributed by atoms with Crippen LogP contribution in [0.15, 0.2) is 29.4 Å². The van der Waals surface area contributed by atoms with E-state index in [1.165, 1.54) is 37.1 Å². The first-order valence-electron chi connectivity index (χ1n) is 7.42.